The molecule has 3 N–H and O–H groups in total. The van der Waals surface area contributed by atoms with Gasteiger partial charge in [-0.1, -0.05) is 24.3 Å². The van der Waals surface area contributed by atoms with Gasteiger partial charge in [-0.05, 0) is 65.9 Å². The number of halogens is 2. The molecule has 0 aliphatic rings. The summed E-state index contributed by atoms with van der Waals surface area (Å²) in [5.41, 5.74) is 1.82. The van der Waals surface area contributed by atoms with Crippen LogP contribution >= 0.6 is 0 Å². The molecule has 2 atom stereocenters. The first-order valence-electron chi connectivity index (χ1n) is 12.2. The highest BCUT2D eigenvalue weighted by Gasteiger charge is 2.27. The van der Waals surface area contributed by atoms with E-state index in [9.17, 15) is 27.1 Å². The number of aliphatic hydroxyl groups excluding tert-OH is 1. The average molecular weight is 563 g/mol. The second-order valence-corrected chi connectivity index (χ2v) is 10.7. The molecule has 11 heteroatoms. The van der Waals surface area contributed by atoms with E-state index in [2.05, 4.69) is 14.8 Å². The summed E-state index contributed by atoms with van der Waals surface area (Å²) < 4.78 is 66.3. The Bertz CT molecular complexity index is 1330. The van der Waals surface area contributed by atoms with Crippen LogP contribution in [0.2, 0.25) is 0 Å². The van der Waals surface area contributed by atoms with E-state index in [1.807, 2.05) is 18.2 Å². The third kappa shape index (κ3) is 9.39. The van der Waals surface area contributed by atoms with Crippen molar-refractivity contribution < 1.29 is 36.6 Å². The molecule has 3 rings (SSSR count). The number of nitrogens with one attached hydrogen (secondary N) is 2. The van der Waals surface area contributed by atoms with Gasteiger partial charge in [-0.2, -0.15) is 0 Å². The summed E-state index contributed by atoms with van der Waals surface area (Å²) in [6.45, 7) is 0.365. The molecule has 3 aromatic carbocycles. The largest absolute Gasteiger partial charge is 0.497 e. The van der Waals surface area contributed by atoms with Gasteiger partial charge in [-0.15, -0.1) is 0 Å². The molecule has 210 valence electrons. The number of aryl methyl sites for hydroxylation is 1. The Morgan fingerprint density at radius 1 is 0.949 bits per heavy atom. The van der Waals surface area contributed by atoms with E-state index in [-0.39, 0.29) is 35.8 Å². The number of rotatable bonds is 14. The standard InChI is InChI=1S/C28H32F2N2O6S/c1-37-24-5-3-4-20(14-24)17-31-18-27(33)26(15-21-12-22(29)16-23(30)13-21)32-39(35,36)25-9-6-19(7-10-25)8-11-28(34)38-2/h3-7,9-10,12-14,16,26-27,31-33H,8,11,15,17-18H2,1-2H3/t26-,27+/m1/s1. The predicted octanol–water partition coefficient (Wildman–Crippen LogP) is 3.12. The van der Waals surface area contributed by atoms with Gasteiger partial charge in [-0.3, -0.25) is 4.79 Å². The number of sulfonamides is 1. The monoisotopic (exact) mass is 562 g/mol. The Morgan fingerprint density at radius 2 is 1.64 bits per heavy atom. The summed E-state index contributed by atoms with van der Waals surface area (Å²) in [5.74, 6) is -1.32. The van der Waals surface area contributed by atoms with Crippen molar-refractivity contribution in [1.82, 2.24) is 10.0 Å². The number of aliphatic hydroxyl groups is 1. The van der Waals surface area contributed by atoms with Gasteiger partial charge in [0.25, 0.3) is 0 Å². The molecule has 0 aromatic heterocycles. The molecule has 0 amide bonds. The molecule has 0 saturated heterocycles. The first kappa shape index (κ1) is 30.2. The molecule has 0 saturated carbocycles. The number of ether oxygens (including phenoxy) is 2. The summed E-state index contributed by atoms with van der Waals surface area (Å²) in [7, 11) is -1.27. The normalized spacial score (nSPS) is 13.1. The predicted molar refractivity (Wildman–Crippen MR) is 142 cm³/mol. The third-order valence-corrected chi connectivity index (χ3v) is 7.55. The van der Waals surface area contributed by atoms with Crippen molar-refractivity contribution in [2.45, 2.75) is 42.8 Å². The maximum absolute atomic E-state index is 13.8. The summed E-state index contributed by atoms with van der Waals surface area (Å²) in [4.78, 5) is 11.3. The lowest BCUT2D eigenvalue weighted by molar-refractivity contribution is -0.140. The van der Waals surface area contributed by atoms with Crippen molar-refractivity contribution in [3.8, 4) is 5.75 Å². The van der Waals surface area contributed by atoms with Crippen LogP contribution in [0.15, 0.2) is 71.6 Å². The fourth-order valence-electron chi connectivity index (χ4n) is 3.98. The SMILES string of the molecule is COC(=O)CCc1ccc(S(=O)(=O)N[C@H](Cc2cc(F)cc(F)c2)[C@@H](O)CNCc2cccc(OC)c2)cc1. The molecule has 0 aliphatic carbocycles. The topological polar surface area (TPSA) is 114 Å². The van der Waals surface area contributed by atoms with Crippen molar-refractivity contribution in [3.05, 3.63) is 95.1 Å². The van der Waals surface area contributed by atoms with Crippen LogP contribution in [0, 0.1) is 11.6 Å². The van der Waals surface area contributed by atoms with Crippen molar-refractivity contribution in [3.63, 3.8) is 0 Å². The summed E-state index contributed by atoms with van der Waals surface area (Å²) in [5, 5.41) is 14.0. The van der Waals surface area contributed by atoms with Gasteiger partial charge in [0.2, 0.25) is 10.0 Å². The maximum Gasteiger partial charge on any atom is 0.305 e. The van der Waals surface area contributed by atoms with Crippen LogP contribution in [-0.2, 0) is 38.9 Å². The van der Waals surface area contributed by atoms with Gasteiger partial charge < -0.3 is 19.9 Å². The minimum atomic E-state index is -4.12. The molecule has 0 heterocycles. The zero-order valence-corrected chi connectivity index (χ0v) is 22.5. The molecule has 0 unspecified atom stereocenters. The number of methoxy groups -OCH3 is 2. The summed E-state index contributed by atoms with van der Waals surface area (Å²) in [6, 6.07) is 15.1. The van der Waals surface area contributed by atoms with E-state index in [0.29, 0.717) is 18.7 Å². The second kappa shape index (κ2) is 14.1. The maximum atomic E-state index is 13.8. The first-order chi connectivity index (χ1) is 18.6. The summed E-state index contributed by atoms with van der Waals surface area (Å²) in [6.07, 6.45) is -0.864. The molecule has 0 bridgehead atoms. The smallest absolute Gasteiger partial charge is 0.305 e. The molecule has 0 fully saturated rings. The van der Waals surface area contributed by atoms with Crippen LogP contribution in [0.3, 0.4) is 0 Å². The lowest BCUT2D eigenvalue weighted by atomic mass is 10.0. The number of carbonyl (C=O) groups excluding carboxylic acids is 1. The van der Waals surface area contributed by atoms with Gasteiger partial charge in [0.1, 0.15) is 17.4 Å². The Labute approximate surface area is 227 Å². The average Bonchev–Trinajstić information content (AvgIpc) is 2.91. The zero-order valence-electron chi connectivity index (χ0n) is 21.7. The molecular formula is C28H32F2N2O6S. The number of hydrogen-bond donors (Lipinski definition) is 3. The Balaban J connectivity index is 1.74. The highest BCUT2D eigenvalue weighted by Crippen LogP contribution is 2.17. The van der Waals surface area contributed by atoms with Gasteiger partial charge in [0.15, 0.2) is 0 Å². The lowest BCUT2D eigenvalue weighted by Crippen LogP contribution is -2.48. The van der Waals surface area contributed by atoms with Crippen molar-refractivity contribution >= 4 is 16.0 Å². The highest BCUT2D eigenvalue weighted by molar-refractivity contribution is 7.89. The van der Waals surface area contributed by atoms with Gasteiger partial charge in [0.05, 0.1) is 31.3 Å². The van der Waals surface area contributed by atoms with Gasteiger partial charge in [-0.25, -0.2) is 21.9 Å². The molecule has 0 radical (unpaired) electrons. The Morgan fingerprint density at radius 3 is 2.28 bits per heavy atom. The number of benzene rings is 3. The molecule has 39 heavy (non-hydrogen) atoms. The van der Waals surface area contributed by atoms with E-state index >= 15 is 0 Å². The fourth-order valence-corrected chi connectivity index (χ4v) is 5.25. The third-order valence-electron chi connectivity index (χ3n) is 6.04. The van der Waals surface area contributed by atoms with Crippen molar-refractivity contribution in [2.75, 3.05) is 20.8 Å². The second-order valence-electron chi connectivity index (χ2n) is 8.98. The van der Waals surface area contributed by atoms with E-state index < -0.39 is 33.8 Å². The van der Waals surface area contributed by atoms with Crippen LogP contribution < -0.4 is 14.8 Å². The minimum Gasteiger partial charge on any atom is -0.497 e. The molecule has 0 aliphatic heterocycles. The highest BCUT2D eigenvalue weighted by atomic mass is 32.2. The van der Waals surface area contributed by atoms with Crippen LogP contribution in [0.25, 0.3) is 0 Å². The van der Waals surface area contributed by atoms with Gasteiger partial charge >= 0.3 is 5.97 Å². The molecule has 0 spiro atoms. The fraction of sp³-hybridized carbons (Fsp3) is 0.321. The zero-order chi connectivity index (χ0) is 28.4. The van der Waals surface area contributed by atoms with E-state index in [1.54, 1.807) is 25.3 Å². The number of esters is 1. The van der Waals surface area contributed by atoms with Crippen LogP contribution in [0.5, 0.6) is 5.75 Å². The van der Waals surface area contributed by atoms with E-state index in [1.165, 1.54) is 19.2 Å². The first-order valence-corrected chi connectivity index (χ1v) is 13.7. The van der Waals surface area contributed by atoms with Crippen LogP contribution in [0.4, 0.5) is 8.78 Å². The van der Waals surface area contributed by atoms with E-state index in [4.69, 9.17) is 4.74 Å². The van der Waals surface area contributed by atoms with Crippen molar-refractivity contribution in [1.29, 1.82) is 0 Å². The van der Waals surface area contributed by atoms with Crippen LogP contribution in [-0.4, -0.2) is 52.4 Å². The number of hydrogen-bond acceptors (Lipinski definition) is 7. The van der Waals surface area contributed by atoms with Crippen LogP contribution in [0.1, 0.15) is 23.1 Å². The summed E-state index contributed by atoms with van der Waals surface area (Å²) >= 11 is 0. The Kier molecular flexibility index (Phi) is 10.9. The van der Waals surface area contributed by atoms with E-state index in [0.717, 1.165) is 29.3 Å². The molecule has 8 nitrogen and oxygen atoms in total. The van der Waals surface area contributed by atoms with Gasteiger partial charge in [0, 0.05) is 25.6 Å². The molecular weight excluding hydrogens is 530 g/mol. The lowest BCUT2D eigenvalue weighted by Gasteiger charge is -2.25. The Hall–Kier alpha value is -3.38. The minimum absolute atomic E-state index is 0.00530. The van der Waals surface area contributed by atoms with Crippen molar-refractivity contribution in [2.24, 2.45) is 0 Å². The number of carbonyl (C=O) groups is 1. The quantitative estimate of drug-likeness (QED) is 0.259. The molecule has 3 aromatic rings.